The van der Waals surface area contributed by atoms with Gasteiger partial charge in [0.2, 0.25) is 5.95 Å². The maximum absolute atomic E-state index is 13.8. The van der Waals surface area contributed by atoms with E-state index in [4.69, 9.17) is 19.4 Å². The van der Waals surface area contributed by atoms with Crippen molar-refractivity contribution < 1.29 is 65.8 Å². The SMILES string of the molecule is O=c1ncc([C@@H]2O[C@H](COP(=O)(O)OP(=O)(O)OP(=O)(O)O)C(O)[C@@H]2O)c(F)[nH]1. The highest BCUT2D eigenvalue weighted by molar-refractivity contribution is 7.66. The highest BCUT2D eigenvalue weighted by Gasteiger charge is 2.47. The van der Waals surface area contributed by atoms with Crippen molar-refractivity contribution in [1.82, 2.24) is 9.97 Å². The molecule has 0 bridgehead atoms. The van der Waals surface area contributed by atoms with Crippen LogP contribution in [0.2, 0.25) is 0 Å². The molecule has 20 heteroatoms. The largest absolute Gasteiger partial charge is 0.490 e. The maximum atomic E-state index is 13.8. The predicted octanol–water partition coefficient (Wildman–Crippen LogP) is -1.59. The van der Waals surface area contributed by atoms with E-state index in [9.17, 15) is 38.0 Å². The number of nitrogens with one attached hydrogen (secondary N) is 1. The number of rotatable bonds is 8. The first-order valence-electron chi connectivity index (χ1n) is 7.15. The smallest absolute Gasteiger partial charge is 0.387 e. The minimum Gasteiger partial charge on any atom is -0.387 e. The van der Waals surface area contributed by atoms with Crippen molar-refractivity contribution in [1.29, 1.82) is 0 Å². The minimum absolute atomic E-state index is 0.461. The van der Waals surface area contributed by atoms with E-state index in [1.165, 1.54) is 0 Å². The van der Waals surface area contributed by atoms with Gasteiger partial charge in [-0.15, -0.1) is 0 Å². The van der Waals surface area contributed by atoms with E-state index in [1.54, 1.807) is 4.98 Å². The molecule has 0 saturated carbocycles. The first kappa shape index (κ1) is 24.4. The lowest BCUT2D eigenvalue weighted by molar-refractivity contribution is -0.0235. The number of aliphatic hydroxyl groups excluding tert-OH is 2. The van der Waals surface area contributed by atoms with Crippen LogP contribution in [0, 0.1) is 5.95 Å². The summed E-state index contributed by atoms with van der Waals surface area (Å²) >= 11 is 0. The summed E-state index contributed by atoms with van der Waals surface area (Å²) in [6.07, 6.45) is -6.08. The number of halogens is 1. The zero-order chi connectivity index (χ0) is 22.2. The van der Waals surface area contributed by atoms with Gasteiger partial charge in [-0.25, -0.2) is 23.5 Å². The van der Waals surface area contributed by atoms with Gasteiger partial charge in [-0.1, -0.05) is 0 Å². The Hall–Kier alpha value is -0.900. The van der Waals surface area contributed by atoms with E-state index in [0.29, 0.717) is 0 Å². The summed E-state index contributed by atoms with van der Waals surface area (Å²) in [4.78, 5) is 51.1. The van der Waals surface area contributed by atoms with E-state index in [1.807, 2.05) is 0 Å². The number of nitrogens with zero attached hydrogens (tertiary/aromatic N) is 1. The van der Waals surface area contributed by atoms with Crippen molar-refractivity contribution in [3.8, 4) is 0 Å². The molecule has 0 amide bonds. The second-order valence-corrected chi connectivity index (χ2v) is 9.84. The number of aromatic nitrogens is 2. The molecule has 1 saturated heterocycles. The van der Waals surface area contributed by atoms with E-state index < -0.39 is 71.7 Å². The topological polar surface area (TPSA) is 255 Å². The Labute approximate surface area is 159 Å². The van der Waals surface area contributed by atoms with Crippen LogP contribution < -0.4 is 5.69 Å². The lowest BCUT2D eigenvalue weighted by Crippen LogP contribution is -2.33. The molecule has 2 heterocycles. The molecule has 0 spiro atoms. The highest BCUT2D eigenvalue weighted by Crippen LogP contribution is 2.66. The van der Waals surface area contributed by atoms with Crippen LogP contribution in [0.25, 0.3) is 0 Å². The molecule has 2 rings (SSSR count). The summed E-state index contributed by atoms with van der Waals surface area (Å²) in [7, 11) is -16.8. The third-order valence-corrected chi connectivity index (χ3v) is 7.08. The lowest BCUT2D eigenvalue weighted by atomic mass is 10.0. The van der Waals surface area contributed by atoms with Gasteiger partial charge in [0.25, 0.3) is 0 Å². The molecular formula is C9H14FN2O14P3. The van der Waals surface area contributed by atoms with Crippen LogP contribution in [-0.4, -0.2) is 64.7 Å². The Morgan fingerprint density at radius 2 is 1.72 bits per heavy atom. The molecule has 1 aromatic rings. The molecule has 166 valence electrons. The summed E-state index contributed by atoms with van der Waals surface area (Å²) < 4.78 is 63.5. The van der Waals surface area contributed by atoms with Gasteiger partial charge in [0.1, 0.15) is 24.4 Å². The summed E-state index contributed by atoms with van der Waals surface area (Å²) in [6.45, 7) is -1.07. The lowest BCUT2D eigenvalue weighted by Gasteiger charge is -2.19. The highest BCUT2D eigenvalue weighted by atomic mass is 31.3. The van der Waals surface area contributed by atoms with Crippen LogP contribution in [0.1, 0.15) is 11.7 Å². The first-order valence-corrected chi connectivity index (χ1v) is 11.7. The Morgan fingerprint density at radius 3 is 2.28 bits per heavy atom. The van der Waals surface area contributed by atoms with Crippen molar-refractivity contribution in [3.63, 3.8) is 0 Å². The molecular weight excluding hydrogens is 472 g/mol. The van der Waals surface area contributed by atoms with Crippen molar-refractivity contribution in [2.45, 2.75) is 24.4 Å². The molecule has 3 unspecified atom stereocenters. The minimum atomic E-state index is -5.74. The zero-order valence-electron chi connectivity index (χ0n) is 13.7. The molecule has 7 N–H and O–H groups in total. The molecule has 1 fully saturated rings. The third-order valence-electron chi connectivity index (χ3n) is 3.28. The summed E-state index contributed by atoms with van der Waals surface area (Å²) in [5.41, 5.74) is -1.50. The van der Waals surface area contributed by atoms with Gasteiger partial charge in [-0.05, 0) is 0 Å². The fraction of sp³-hybridized carbons (Fsp3) is 0.556. The predicted molar refractivity (Wildman–Crippen MR) is 84.3 cm³/mol. The monoisotopic (exact) mass is 486 g/mol. The van der Waals surface area contributed by atoms with Crippen LogP contribution in [0.15, 0.2) is 11.0 Å². The molecule has 0 aromatic carbocycles. The Morgan fingerprint density at radius 1 is 1.10 bits per heavy atom. The van der Waals surface area contributed by atoms with Gasteiger partial charge in [0, 0.05) is 6.20 Å². The van der Waals surface area contributed by atoms with Crippen LogP contribution in [-0.2, 0) is 31.6 Å². The third kappa shape index (κ3) is 6.80. The number of ether oxygens (including phenoxy) is 1. The summed E-state index contributed by atoms with van der Waals surface area (Å²) in [5, 5.41) is 19.9. The van der Waals surface area contributed by atoms with Gasteiger partial charge in [-0.2, -0.15) is 13.0 Å². The van der Waals surface area contributed by atoms with Gasteiger partial charge in [0.05, 0.1) is 12.2 Å². The zero-order valence-corrected chi connectivity index (χ0v) is 16.4. The number of phosphoric ester groups is 1. The van der Waals surface area contributed by atoms with Crippen molar-refractivity contribution in [2.24, 2.45) is 0 Å². The average Bonchev–Trinajstić information content (AvgIpc) is 2.78. The van der Waals surface area contributed by atoms with E-state index in [2.05, 4.69) is 18.1 Å². The van der Waals surface area contributed by atoms with E-state index in [-0.39, 0.29) is 0 Å². The number of hydrogen-bond donors (Lipinski definition) is 7. The Bertz CT molecular complexity index is 949. The molecule has 0 aliphatic carbocycles. The second-order valence-electron chi connectivity index (χ2n) is 5.42. The van der Waals surface area contributed by atoms with E-state index >= 15 is 0 Å². The molecule has 1 aliphatic rings. The van der Waals surface area contributed by atoms with Gasteiger partial charge < -0.3 is 34.5 Å². The molecule has 29 heavy (non-hydrogen) atoms. The van der Waals surface area contributed by atoms with Crippen molar-refractivity contribution in [2.75, 3.05) is 6.61 Å². The second kappa shape index (κ2) is 8.69. The number of hydrogen-bond acceptors (Lipinski definition) is 11. The summed E-state index contributed by atoms with van der Waals surface area (Å²) in [5.74, 6) is -1.23. The fourth-order valence-corrected chi connectivity index (χ4v) is 5.23. The number of phosphoric acid groups is 3. The van der Waals surface area contributed by atoms with Gasteiger partial charge in [0.15, 0.2) is 0 Å². The van der Waals surface area contributed by atoms with Crippen molar-refractivity contribution >= 4 is 23.5 Å². The van der Waals surface area contributed by atoms with Crippen molar-refractivity contribution in [3.05, 3.63) is 28.2 Å². The van der Waals surface area contributed by atoms with E-state index in [0.717, 1.165) is 6.20 Å². The number of H-pyrrole nitrogens is 1. The molecule has 1 aliphatic heterocycles. The fourth-order valence-electron chi connectivity index (χ4n) is 2.20. The van der Waals surface area contributed by atoms with Crippen LogP contribution in [0.3, 0.4) is 0 Å². The van der Waals surface area contributed by atoms with Crippen LogP contribution in [0.5, 0.6) is 0 Å². The quantitative estimate of drug-likeness (QED) is 0.162. The maximum Gasteiger partial charge on any atom is 0.490 e. The molecule has 0 radical (unpaired) electrons. The Balaban J connectivity index is 2.05. The Kier molecular flexibility index (Phi) is 7.30. The van der Waals surface area contributed by atoms with Gasteiger partial charge in [-0.3, -0.25) is 9.51 Å². The molecule has 16 nitrogen and oxygen atoms in total. The van der Waals surface area contributed by atoms with Crippen LogP contribution in [0.4, 0.5) is 4.39 Å². The number of aliphatic hydroxyl groups is 2. The normalized spacial score (nSPS) is 29.3. The van der Waals surface area contributed by atoms with Gasteiger partial charge >= 0.3 is 29.2 Å². The standard InChI is InChI=1S/C9H14FN2O14P3/c10-8-3(1-11-9(15)12-8)7-6(14)5(13)4(24-7)2-23-28(19,20)26-29(21,22)25-27(16,17)18/h1,4-7,13-14H,2H2,(H,19,20)(H,21,22)(H,11,12,15)(H2,16,17,18)/t4-,5?,6+,7+/m1/s1. The summed E-state index contributed by atoms with van der Waals surface area (Å²) in [6, 6.07) is 0. The first-order chi connectivity index (χ1) is 13.1. The molecule has 6 atom stereocenters. The molecule has 1 aromatic heterocycles. The number of aromatic amines is 1. The average molecular weight is 486 g/mol. The van der Waals surface area contributed by atoms with Crippen LogP contribution >= 0.6 is 23.5 Å².